The van der Waals surface area contributed by atoms with Crippen molar-refractivity contribution in [2.45, 2.75) is 31.4 Å². The van der Waals surface area contributed by atoms with Gasteiger partial charge in [-0.05, 0) is 43.4 Å². The molecule has 3 heterocycles. The van der Waals surface area contributed by atoms with E-state index in [1.54, 1.807) is 11.8 Å². The summed E-state index contributed by atoms with van der Waals surface area (Å²) in [6, 6.07) is 3.63. The maximum atomic E-state index is 12.6. The molecule has 1 fully saturated rings. The predicted molar refractivity (Wildman–Crippen MR) is 92.9 cm³/mol. The number of nitrogens with zero attached hydrogens (tertiary/aromatic N) is 3. The van der Waals surface area contributed by atoms with Crippen LogP contribution in [0.3, 0.4) is 0 Å². The minimum atomic E-state index is -0.229. The number of rotatable bonds is 7. The molecule has 3 rings (SSSR count). The predicted octanol–water partition coefficient (Wildman–Crippen LogP) is 3.12. The molecule has 0 saturated carbocycles. The maximum absolute atomic E-state index is 12.6. The molecule has 2 unspecified atom stereocenters. The maximum Gasteiger partial charge on any atom is 0.249 e. The number of hydrogen-bond donors (Lipinski definition) is 1. The van der Waals surface area contributed by atoms with E-state index < -0.39 is 0 Å². The number of nitrogens with one attached hydrogen (secondary N) is 1. The molecule has 0 radical (unpaired) electrons. The lowest BCUT2D eigenvalue weighted by atomic mass is 10.2. The van der Waals surface area contributed by atoms with Crippen LogP contribution in [0, 0.1) is 0 Å². The molecule has 8 heteroatoms. The van der Waals surface area contributed by atoms with Crippen LogP contribution in [0.5, 0.6) is 0 Å². The number of thioether (sulfide) groups is 1. The molecule has 0 bridgehead atoms. The molecule has 1 N–H and O–H groups in total. The number of carbonyl (C=O) groups is 1. The van der Waals surface area contributed by atoms with E-state index in [9.17, 15) is 4.79 Å². The van der Waals surface area contributed by atoms with Crippen molar-refractivity contribution >= 4 is 34.1 Å². The highest BCUT2D eigenvalue weighted by molar-refractivity contribution is 7.98. The van der Waals surface area contributed by atoms with E-state index >= 15 is 0 Å². The van der Waals surface area contributed by atoms with Crippen molar-refractivity contribution in [3.63, 3.8) is 0 Å². The second-order valence-corrected chi connectivity index (χ2v) is 7.36. The smallest absolute Gasteiger partial charge is 0.249 e. The second-order valence-electron chi connectivity index (χ2n) is 5.36. The Kier molecular flexibility index (Phi) is 5.69. The van der Waals surface area contributed by atoms with Crippen LogP contribution in [0.15, 0.2) is 24.5 Å². The highest BCUT2D eigenvalue weighted by Crippen LogP contribution is 2.32. The van der Waals surface area contributed by atoms with Gasteiger partial charge in [-0.15, -0.1) is 10.2 Å². The van der Waals surface area contributed by atoms with Crippen molar-refractivity contribution in [2.75, 3.05) is 23.9 Å². The number of hydrogen-bond acceptors (Lipinski definition) is 6. The first-order valence-electron chi connectivity index (χ1n) is 7.65. The molecule has 1 amide bonds. The van der Waals surface area contributed by atoms with Crippen LogP contribution in [0.25, 0.3) is 0 Å². The van der Waals surface area contributed by atoms with E-state index in [2.05, 4.69) is 15.5 Å². The summed E-state index contributed by atoms with van der Waals surface area (Å²) in [5, 5.41) is 12.5. The molecule has 0 aromatic carbocycles. The van der Waals surface area contributed by atoms with Crippen molar-refractivity contribution in [3.05, 3.63) is 29.5 Å². The van der Waals surface area contributed by atoms with Crippen LogP contribution in [-0.2, 0) is 9.53 Å². The van der Waals surface area contributed by atoms with Gasteiger partial charge in [0.2, 0.25) is 11.0 Å². The Balaban J connectivity index is 1.66. The van der Waals surface area contributed by atoms with E-state index in [4.69, 9.17) is 4.74 Å². The topological polar surface area (TPSA) is 69.0 Å². The molecule has 2 aromatic rings. The van der Waals surface area contributed by atoms with Gasteiger partial charge in [0, 0.05) is 19.0 Å². The van der Waals surface area contributed by atoms with E-state index in [-0.39, 0.29) is 18.1 Å². The van der Waals surface area contributed by atoms with Gasteiger partial charge in [0.15, 0.2) is 0 Å². The Bertz CT molecular complexity index is 623. The Morgan fingerprint density at radius 2 is 2.35 bits per heavy atom. The summed E-state index contributed by atoms with van der Waals surface area (Å²) in [6.07, 6.45) is 8.72. The van der Waals surface area contributed by atoms with Crippen LogP contribution in [0.2, 0.25) is 0 Å². The van der Waals surface area contributed by atoms with Crippen molar-refractivity contribution < 1.29 is 9.53 Å². The first-order valence-corrected chi connectivity index (χ1v) is 9.86. The zero-order valence-corrected chi connectivity index (χ0v) is 14.6. The summed E-state index contributed by atoms with van der Waals surface area (Å²) in [5.41, 5.74) is 0. The lowest BCUT2D eigenvalue weighted by Gasteiger charge is -2.17. The average Bonchev–Trinajstić information content (AvgIpc) is 3.30. The van der Waals surface area contributed by atoms with Crippen molar-refractivity contribution in [1.82, 2.24) is 14.8 Å². The average molecular weight is 352 g/mol. The van der Waals surface area contributed by atoms with Crippen LogP contribution in [0.1, 0.15) is 36.4 Å². The Labute approximate surface area is 143 Å². The number of ether oxygens (including phenoxy) is 1. The summed E-state index contributed by atoms with van der Waals surface area (Å²) in [6.45, 7) is 0.774. The molecule has 1 aliphatic rings. The third-order valence-corrected chi connectivity index (χ3v) is 5.34. The van der Waals surface area contributed by atoms with Crippen molar-refractivity contribution in [1.29, 1.82) is 0 Å². The van der Waals surface area contributed by atoms with Gasteiger partial charge in [0.1, 0.15) is 17.2 Å². The van der Waals surface area contributed by atoms with Crippen LogP contribution in [-0.4, -0.2) is 39.3 Å². The van der Waals surface area contributed by atoms with Gasteiger partial charge in [-0.3, -0.25) is 10.1 Å². The highest BCUT2D eigenvalue weighted by atomic mass is 32.2. The van der Waals surface area contributed by atoms with Crippen LogP contribution >= 0.6 is 23.1 Å². The Morgan fingerprint density at radius 1 is 1.52 bits per heavy atom. The number of anilines is 1. The fourth-order valence-electron chi connectivity index (χ4n) is 2.58. The lowest BCUT2D eigenvalue weighted by Crippen LogP contribution is -2.25. The van der Waals surface area contributed by atoms with E-state index in [1.807, 2.05) is 35.3 Å². The zero-order valence-electron chi connectivity index (χ0n) is 13.0. The van der Waals surface area contributed by atoms with Gasteiger partial charge in [-0.1, -0.05) is 11.3 Å². The standard InChI is InChI=1S/C15H20N4O2S2/c1-22-10-6-11(19-7-2-3-8-19)13(20)16-15-18-17-14(23-15)12-5-4-9-21-12/h2-3,7-8,11-12H,4-6,9-10H2,1H3,(H,16,18,20). The summed E-state index contributed by atoms with van der Waals surface area (Å²) in [5.74, 6) is 0.873. The normalized spacial score (nSPS) is 18.9. The third kappa shape index (κ3) is 4.13. The fourth-order valence-corrected chi connectivity index (χ4v) is 3.87. The van der Waals surface area contributed by atoms with Crippen molar-refractivity contribution in [3.8, 4) is 0 Å². The Hall–Kier alpha value is -1.38. The molecular weight excluding hydrogens is 332 g/mol. The minimum absolute atomic E-state index is 0.0369. The fraction of sp³-hybridized carbons (Fsp3) is 0.533. The molecule has 1 aliphatic heterocycles. The van der Waals surface area contributed by atoms with Crippen molar-refractivity contribution in [2.24, 2.45) is 0 Å². The quantitative estimate of drug-likeness (QED) is 0.829. The summed E-state index contributed by atoms with van der Waals surface area (Å²) in [7, 11) is 0. The van der Waals surface area contributed by atoms with Gasteiger partial charge in [0.05, 0.1) is 0 Å². The summed E-state index contributed by atoms with van der Waals surface area (Å²) >= 11 is 3.14. The molecule has 124 valence electrons. The van der Waals surface area contributed by atoms with Gasteiger partial charge in [-0.2, -0.15) is 11.8 Å². The molecule has 6 nitrogen and oxygen atoms in total. The van der Waals surface area contributed by atoms with E-state index in [1.165, 1.54) is 11.3 Å². The molecule has 2 atom stereocenters. The summed E-state index contributed by atoms with van der Waals surface area (Å²) in [4.78, 5) is 12.6. The minimum Gasteiger partial charge on any atom is -0.371 e. The first kappa shape index (κ1) is 16.5. The van der Waals surface area contributed by atoms with Gasteiger partial charge in [-0.25, -0.2) is 0 Å². The third-order valence-electron chi connectivity index (χ3n) is 3.76. The number of carbonyl (C=O) groups excluding carboxylic acids is 1. The SMILES string of the molecule is CSCCC(C(=O)Nc1nnc(C2CCCO2)s1)n1cccc1. The monoisotopic (exact) mass is 352 g/mol. The molecule has 1 saturated heterocycles. The van der Waals surface area contributed by atoms with E-state index in [0.717, 1.165) is 36.6 Å². The lowest BCUT2D eigenvalue weighted by molar-refractivity contribution is -0.119. The van der Waals surface area contributed by atoms with Crippen LogP contribution in [0.4, 0.5) is 5.13 Å². The molecule has 2 aromatic heterocycles. The molecule has 23 heavy (non-hydrogen) atoms. The van der Waals surface area contributed by atoms with E-state index in [0.29, 0.717) is 5.13 Å². The number of amides is 1. The van der Waals surface area contributed by atoms with Gasteiger partial charge < -0.3 is 9.30 Å². The highest BCUT2D eigenvalue weighted by Gasteiger charge is 2.24. The Morgan fingerprint density at radius 3 is 3.04 bits per heavy atom. The molecule has 0 spiro atoms. The van der Waals surface area contributed by atoms with Gasteiger partial charge >= 0.3 is 0 Å². The first-order chi connectivity index (χ1) is 11.3. The molecule has 0 aliphatic carbocycles. The zero-order chi connectivity index (χ0) is 16.1. The van der Waals surface area contributed by atoms with Gasteiger partial charge in [0.25, 0.3) is 0 Å². The second kappa shape index (κ2) is 7.94. The molecular formula is C15H20N4O2S2. The largest absolute Gasteiger partial charge is 0.371 e. The summed E-state index contributed by atoms with van der Waals surface area (Å²) < 4.78 is 7.54. The number of aromatic nitrogens is 3. The van der Waals surface area contributed by atoms with Crippen LogP contribution < -0.4 is 5.32 Å².